The fraction of sp³-hybridized carbons (Fsp3) is 0.417. The minimum atomic E-state index is -3.85. The molecular formula is C24H32FN3O5S. The van der Waals surface area contributed by atoms with Gasteiger partial charge in [-0.3, -0.25) is 13.9 Å². The highest BCUT2D eigenvalue weighted by molar-refractivity contribution is 7.92. The third kappa shape index (κ3) is 7.18. The van der Waals surface area contributed by atoms with Crippen LogP contribution in [0.3, 0.4) is 0 Å². The number of anilines is 1. The number of methoxy groups -OCH3 is 1. The van der Waals surface area contributed by atoms with Crippen molar-refractivity contribution in [2.45, 2.75) is 45.8 Å². The summed E-state index contributed by atoms with van der Waals surface area (Å²) in [4.78, 5) is 27.4. The second-order valence-electron chi connectivity index (χ2n) is 8.07. The Morgan fingerprint density at radius 3 is 2.24 bits per heavy atom. The Kier molecular flexibility index (Phi) is 9.43. The maximum atomic E-state index is 14.4. The van der Waals surface area contributed by atoms with Crippen LogP contribution in [0.2, 0.25) is 0 Å². The fourth-order valence-corrected chi connectivity index (χ4v) is 4.07. The van der Waals surface area contributed by atoms with Gasteiger partial charge in [-0.15, -0.1) is 0 Å². The van der Waals surface area contributed by atoms with Gasteiger partial charge in [0.25, 0.3) is 0 Å². The molecule has 0 radical (unpaired) electrons. The Hall–Kier alpha value is -3.14. The smallest absolute Gasteiger partial charge is 0.244 e. The second kappa shape index (κ2) is 11.8. The molecule has 8 nitrogen and oxygen atoms in total. The van der Waals surface area contributed by atoms with Crippen LogP contribution in [0.5, 0.6) is 5.75 Å². The number of halogens is 1. The van der Waals surface area contributed by atoms with Gasteiger partial charge in [0.2, 0.25) is 21.8 Å². The number of hydrogen-bond donors (Lipinski definition) is 1. The van der Waals surface area contributed by atoms with E-state index in [0.29, 0.717) is 12.2 Å². The molecule has 2 amide bonds. The molecule has 0 aliphatic heterocycles. The van der Waals surface area contributed by atoms with Gasteiger partial charge in [-0.05, 0) is 50.6 Å². The Labute approximate surface area is 200 Å². The fourth-order valence-electron chi connectivity index (χ4n) is 3.22. The van der Waals surface area contributed by atoms with E-state index in [1.165, 1.54) is 49.3 Å². The van der Waals surface area contributed by atoms with Crippen LogP contribution >= 0.6 is 0 Å². The molecule has 0 unspecified atom stereocenters. The lowest BCUT2D eigenvalue weighted by atomic mass is 10.1. The number of carbonyl (C=O) groups is 2. The van der Waals surface area contributed by atoms with Crippen LogP contribution in [-0.2, 0) is 26.2 Å². The van der Waals surface area contributed by atoms with Gasteiger partial charge in [0.1, 0.15) is 24.2 Å². The van der Waals surface area contributed by atoms with Crippen molar-refractivity contribution in [2.24, 2.45) is 0 Å². The number of nitrogens with one attached hydrogen (secondary N) is 1. The molecule has 0 aromatic heterocycles. The van der Waals surface area contributed by atoms with Crippen LogP contribution in [0.4, 0.5) is 10.1 Å². The van der Waals surface area contributed by atoms with Crippen molar-refractivity contribution in [3.8, 4) is 5.75 Å². The topological polar surface area (TPSA) is 96.0 Å². The SMILES string of the molecule is CC[C@H](C)NC(=O)[C@H](C)N(Cc1ccccc1F)C(=O)CN(c1ccc(OC)cc1)S(C)(=O)=O. The van der Waals surface area contributed by atoms with Crippen LogP contribution in [0.25, 0.3) is 0 Å². The standard InChI is InChI=1S/C24H32FN3O5S/c1-6-17(2)26-24(30)18(3)27(15-19-9-7-8-10-22(19)25)23(29)16-28(34(5,31)32)20-11-13-21(33-4)14-12-20/h7-14,17-18H,6,15-16H2,1-5H3,(H,26,30)/t17-,18-/m0/s1. The molecule has 0 spiro atoms. The van der Waals surface area contributed by atoms with E-state index in [-0.39, 0.29) is 23.8 Å². The van der Waals surface area contributed by atoms with Crippen molar-refractivity contribution >= 4 is 27.5 Å². The summed E-state index contributed by atoms with van der Waals surface area (Å²) in [5.74, 6) is -1.05. The predicted octanol–water partition coefficient (Wildman–Crippen LogP) is 2.93. The molecule has 186 valence electrons. The zero-order valence-electron chi connectivity index (χ0n) is 20.1. The van der Waals surface area contributed by atoms with E-state index in [0.717, 1.165) is 10.6 Å². The Bertz CT molecular complexity index is 1090. The lowest BCUT2D eigenvalue weighted by Gasteiger charge is -2.32. The Balaban J connectivity index is 2.39. The average molecular weight is 494 g/mol. The number of rotatable bonds is 11. The summed E-state index contributed by atoms with van der Waals surface area (Å²) in [6, 6.07) is 11.1. The molecule has 0 saturated heterocycles. The molecule has 10 heteroatoms. The summed E-state index contributed by atoms with van der Waals surface area (Å²) in [5.41, 5.74) is 0.480. The molecule has 1 N–H and O–H groups in total. The highest BCUT2D eigenvalue weighted by Gasteiger charge is 2.31. The van der Waals surface area contributed by atoms with Gasteiger partial charge >= 0.3 is 0 Å². The molecule has 0 fully saturated rings. The highest BCUT2D eigenvalue weighted by atomic mass is 32.2. The number of hydrogen-bond acceptors (Lipinski definition) is 5. The van der Waals surface area contributed by atoms with Crippen molar-refractivity contribution in [1.82, 2.24) is 10.2 Å². The first-order valence-corrected chi connectivity index (χ1v) is 12.8. The number of amides is 2. The third-order valence-corrected chi connectivity index (χ3v) is 6.65. The summed E-state index contributed by atoms with van der Waals surface area (Å²) in [5, 5.41) is 2.82. The molecule has 2 rings (SSSR count). The first kappa shape index (κ1) is 27.1. The molecule has 0 bridgehead atoms. The maximum absolute atomic E-state index is 14.4. The van der Waals surface area contributed by atoms with E-state index in [2.05, 4.69) is 5.32 Å². The lowest BCUT2D eigenvalue weighted by Crippen LogP contribution is -2.52. The zero-order valence-corrected chi connectivity index (χ0v) is 20.9. The van der Waals surface area contributed by atoms with Gasteiger partial charge in [0.05, 0.1) is 19.1 Å². The molecule has 0 heterocycles. The molecule has 34 heavy (non-hydrogen) atoms. The predicted molar refractivity (Wildman–Crippen MR) is 129 cm³/mol. The summed E-state index contributed by atoms with van der Waals surface area (Å²) >= 11 is 0. The van der Waals surface area contributed by atoms with Crippen molar-refractivity contribution in [3.05, 3.63) is 59.9 Å². The minimum Gasteiger partial charge on any atom is -0.497 e. The number of nitrogens with zero attached hydrogens (tertiary/aromatic N) is 2. The van der Waals surface area contributed by atoms with E-state index in [1.54, 1.807) is 18.2 Å². The molecule has 2 aromatic carbocycles. The van der Waals surface area contributed by atoms with Crippen LogP contribution < -0.4 is 14.4 Å². The van der Waals surface area contributed by atoms with Crippen LogP contribution in [0.15, 0.2) is 48.5 Å². The minimum absolute atomic E-state index is 0.118. The number of ether oxygens (including phenoxy) is 1. The normalized spacial score (nSPS) is 13.0. The largest absolute Gasteiger partial charge is 0.497 e. The maximum Gasteiger partial charge on any atom is 0.244 e. The van der Waals surface area contributed by atoms with Gasteiger partial charge < -0.3 is 15.0 Å². The van der Waals surface area contributed by atoms with E-state index >= 15 is 0 Å². The third-order valence-electron chi connectivity index (χ3n) is 5.51. The summed E-state index contributed by atoms with van der Waals surface area (Å²) in [6.45, 7) is 4.54. The van der Waals surface area contributed by atoms with Crippen molar-refractivity contribution in [2.75, 3.05) is 24.2 Å². The Morgan fingerprint density at radius 2 is 1.71 bits per heavy atom. The number of carbonyl (C=O) groups excluding carboxylic acids is 2. The zero-order chi connectivity index (χ0) is 25.5. The van der Waals surface area contributed by atoms with Gasteiger partial charge in [-0.1, -0.05) is 25.1 Å². The number of sulfonamides is 1. The van der Waals surface area contributed by atoms with E-state index < -0.39 is 40.2 Å². The molecule has 0 aliphatic rings. The first-order valence-electron chi connectivity index (χ1n) is 10.9. The second-order valence-corrected chi connectivity index (χ2v) is 9.98. The van der Waals surface area contributed by atoms with Crippen molar-refractivity contribution in [1.29, 1.82) is 0 Å². The van der Waals surface area contributed by atoms with Gasteiger partial charge in [-0.25, -0.2) is 12.8 Å². The molecular weight excluding hydrogens is 461 g/mol. The average Bonchev–Trinajstić information content (AvgIpc) is 2.80. The number of benzene rings is 2. The van der Waals surface area contributed by atoms with Crippen molar-refractivity contribution in [3.63, 3.8) is 0 Å². The van der Waals surface area contributed by atoms with Crippen molar-refractivity contribution < 1.29 is 27.1 Å². The molecule has 0 saturated carbocycles. The Morgan fingerprint density at radius 1 is 1.09 bits per heavy atom. The van der Waals surface area contributed by atoms with Crippen LogP contribution in [-0.4, -0.2) is 57.1 Å². The summed E-state index contributed by atoms with van der Waals surface area (Å²) < 4.78 is 45.5. The summed E-state index contributed by atoms with van der Waals surface area (Å²) in [6.07, 6.45) is 1.68. The molecule has 0 aliphatic carbocycles. The quantitative estimate of drug-likeness (QED) is 0.519. The van der Waals surface area contributed by atoms with E-state index in [1.807, 2.05) is 13.8 Å². The summed E-state index contributed by atoms with van der Waals surface area (Å²) in [7, 11) is -2.36. The highest BCUT2D eigenvalue weighted by Crippen LogP contribution is 2.22. The van der Waals surface area contributed by atoms with Gasteiger partial charge in [0.15, 0.2) is 0 Å². The van der Waals surface area contributed by atoms with Crippen LogP contribution in [0, 0.1) is 5.82 Å². The first-order chi connectivity index (χ1) is 16.0. The van der Waals surface area contributed by atoms with Gasteiger partial charge in [0, 0.05) is 18.2 Å². The lowest BCUT2D eigenvalue weighted by molar-refractivity contribution is -0.139. The monoisotopic (exact) mass is 493 g/mol. The van der Waals surface area contributed by atoms with Gasteiger partial charge in [-0.2, -0.15) is 0 Å². The molecule has 2 aromatic rings. The molecule has 2 atom stereocenters. The van der Waals surface area contributed by atoms with Crippen LogP contribution in [0.1, 0.15) is 32.8 Å². The van der Waals surface area contributed by atoms with E-state index in [9.17, 15) is 22.4 Å². The van der Waals surface area contributed by atoms with E-state index in [4.69, 9.17) is 4.74 Å².